The van der Waals surface area contributed by atoms with Crippen LogP contribution in [0.3, 0.4) is 0 Å². The first-order chi connectivity index (χ1) is 6.09. The number of benzene rings is 1. The molecule has 0 saturated carbocycles. The molecule has 0 heterocycles. The summed E-state index contributed by atoms with van der Waals surface area (Å²) in [5.41, 5.74) is 6.96. The van der Waals surface area contributed by atoms with Crippen molar-refractivity contribution in [3.05, 3.63) is 35.4 Å². The van der Waals surface area contributed by atoms with Gasteiger partial charge in [-0.1, -0.05) is 29.8 Å². The lowest BCUT2D eigenvalue weighted by Gasteiger charge is -2.06. The lowest BCUT2D eigenvalue weighted by Crippen LogP contribution is -2.30. The quantitative estimate of drug-likeness (QED) is 0.704. The molecule has 0 unspecified atom stereocenters. The number of nitrogens with two attached hydrogens (primary N) is 1. The standard InChI is InChI=1S/C10H13NO2/c1-7-3-2-4-8(5-7)6-9(12)10(11)13/h2-5,9,12H,6H2,1H3,(H2,11,13)/t9-/m1/s1. The van der Waals surface area contributed by atoms with E-state index in [9.17, 15) is 9.90 Å². The van der Waals surface area contributed by atoms with Gasteiger partial charge in [-0.25, -0.2) is 0 Å². The first-order valence-corrected chi connectivity index (χ1v) is 4.12. The second-order valence-corrected chi connectivity index (χ2v) is 3.11. The van der Waals surface area contributed by atoms with E-state index in [2.05, 4.69) is 0 Å². The Balaban J connectivity index is 2.69. The highest BCUT2D eigenvalue weighted by molar-refractivity contribution is 5.78. The number of aliphatic hydroxyl groups is 1. The second kappa shape index (κ2) is 4.05. The van der Waals surface area contributed by atoms with E-state index >= 15 is 0 Å². The molecule has 1 aromatic carbocycles. The molecule has 0 aliphatic heterocycles. The lowest BCUT2D eigenvalue weighted by atomic mass is 10.1. The second-order valence-electron chi connectivity index (χ2n) is 3.11. The molecule has 70 valence electrons. The molecular weight excluding hydrogens is 166 g/mol. The van der Waals surface area contributed by atoms with E-state index in [1.54, 1.807) is 0 Å². The Morgan fingerprint density at radius 1 is 1.62 bits per heavy atom. The molecule has 1 amide bonds. The van der Waals surface area contributed by atoms with Crippen molar-refractivity contribution in [3.63, 3.8) is 0 Å². The van der Waals surface area contributed by atoms with Gasteiger partial charge in [0.05, 0.1) is 0 Å². The summed E-state index contributed by atoms with van der Waals surface area (Å²) in [6.07, 6.45) is -0.793. The van der Waals surface area contributed by atoms with Crippen molar-refractivity contribution in [1.29, 1.82) is 0 Å². The fraction of sp³-hybridized carbons (Fsp3) is 0.300. The monoisotopic (exact) mass is 179 g/mol. The van der Waals surface area contributed by atoms with Gasteiger partial charge >= 0.3 is 0 Å². The Labute approximate surface area is 77.2 Å². The third kappa shape index (κ3) is 2.87. The summed E-state index contributed by atoms with van der Waals surface area (Å²) in [7, 11) is 0. The van der Waals surface area contributed by atoms with Gasteiger partial charge in [0, 0.05) is 6.42 Å². The summed E-state index contributed by atoms with van der Waals surface area (Å²) in [6, 6.07) is 7.63. The van der Waals surface area contributed by atoms with Crippen molar-refractivity contribution in [2.75, 3.05) is 0 Å². The van der Waals surface area contributed by atoms with Crippen LogP contribution in [-0.4, -0.2) is 17.1 Å². The summed E-state index contributed by atoms with van der Waals surface area (Å²) < 4.78 is 0. The van der Waals surface area contributed by atoms with Crippen LogP contribution >= 0.6 is 0 Å². The molecule has 1 rings (SSSR count). The first kappa shape index (κ1) is 9.74. The maximum atomic E-state index is 10.6. The zero-order chi connectivity index (χ0) is 9.84. The van der Waals surface area contributed by atoms with Gasteiger partial charge in [-0.3, -0.25) is 4.79 Å². The van der Waals surface area contributed by atoms with Crippen molar-refractivity contribution in [1.82, 2.24) is 0 Å². The number of primary amides is 1. The third-order valence-corrected chi connectivity index (χ3v) is 1.84. The summed E-state index contributed by atoms with van der Waals surface area (Å²) in [4.78, 5) is 10.6. The SMILES string of the molecule is Cc1cccc(C[C@@H](O)C(N)=O)c1. The molecule has 1 atom stereocenters. The van der Waals surface area contributed by atoms with Gasteiger partial charge in [0.2, 0.25) is 5.91 Å². The Bertz CT molecular complexity index is 310. The molecule has 3 nitrogen and oxygen atoms in total. The number of carbonyl (C=O) groups is 1. The van der Waals surface area contributed by atoms with Crippen LogP contribution in [0.1, 0.15) is 11.1 Å². The van der Waals surface area contributed by atoms with Crippen LogP contribution in [0.5, 0.6) is 0 Å². The van der Waals surface area contributed by atoms with Crippen LogP contribution in [0, 0.1) is 6.92 Å². The molecule has 3 N–H and O–H groups in total. The molecule has 13 heavy (non-hydrogen) atoms. The Morgan fingerprint density at radius 3 is 2.85 bits per heavy atom. The number of carbonyl (C=O) groups excluding carboxylic acids is 1. The average molecular weight is 179 g/mol. The maximum absolute atomic E-state index is 10.6. The molecule has 0 saturated heterocycles. The smallest absolute Gasteiger partial charge is 0.246 e. The minimum Gasteiger partial charge on any atom is -0.383 e. The van der Waals surface area contributed by atoms with Crippen molar-refractivity contribution < 1.29 is 9.90 Å². The molecule has 0 bridgehead atoms. The van der Waals surface area contributed by atoms with Gasteiger partial charge in [-0.2, -0.15) is 0 Å². The highest BCUT2D eigenvalue weighted by Crippen LogP contribution is 2.06. The minimum absolute atomic E-state index is 0.289. The molecule has 3 heteroatoms. The highest BCUT2D eigenvalue weighted by atomic mass is 16.3. The predicted molar refractivity (Wildman–Crippen MR) is 50.1 cm³/mol. The van der Waals surface area contributed by atoms with E-state index in [1.165, 1.54) is 0 Å². The zero-order valence-corrected chi connectivity index (χ0v) is 7.53. The Hall–Kier alpha value is -1.35. The van der Waals surface area contributed by atoms with Crippen molar-refractivity contribution in [2.24, 2.45) is 5.73 Å². The van der Waals surface area contributed by atoms with Crippen LogP contribution in [0.15, 0.2) is 24.3 Å². The molecule has 1 aromatic rings. The number of amides is 1. The molecule has 0 aliphatic rings. The van der Waals surface area contributed by atoms with Crippen molar-refractivity contribution in [3.8, 4) is 0 Å². The molecule has 0 radical (unpaired) electrons. The van der Waals surface area contributed by atoms with Crippen molar-refractivity contribution in [2.45, 2.75) is 19.4 Å². The van der Waals surface area contributed by atoms with Crippen LogP contribution in [-0.2, 0) is 11.2 Å². The van der Waals surface area contributed by atoms with Gasteiger partial charge < -0.3 is 10.8 Å². The average Bonchev–Trinajstić information content (AvgIpc) is 2.04. The minimum atomic E-state index is -1.08. The van der Waals surface area contributed by atoms with E-state index in [4.69, 9.17) is 5.73 Å². The molecule has 0 aliphatic carbocycles. The van der Waals surface area contributed by atoms with E-state index < -0.39 is 12.0 Å². The normalized spacial score (nSPS) is 12.5. The fourth-order valence-electron chi connectivity index (χ4n) is 1.16. The van der Waals surface area contributed by atoms with Gasteiger partial charge in [-0.15, -0.1) is 0 Å². The number of aryl methyl sites for hydroxylation is 1. The number of hydrogen-bond donors (Lipinski definition) is 2. The highest BCUT2D eigenvalue weighted by Gasteiger charge is 2.10. The molecule has 0 spiro atoms. The van der Waals surface area contributed by atoms with Gasteiger partial charge in [-0.05, 0) is 12.5 Å². The topological polar surface area (TPSA) is 63.3 Å². The van der Waals surface area contributed by atoms with Crippen molar-refractivity contribution >= 4 is 5.91 Å². The largest absolute Gasteiger partial charge is 0.383 e. The number of rotatable bonds is 3. The molecular formula is C10H13NO2. The lowest BCUT2D eigenvalue weighted by molar-refractivity contribution is -0.125. The van der Waals surface area contributed by atoms with E-state index in [1.807, 2.05) is 31.2 Å². The van der Waals surface area contributed by atoms with Gasteiger partial charge in [0.1, 0.15) is 6.10 Å². The first-order valence-electron chi connectivity index (χ1n) is 4.12. The van der Waals surface area contributed by atoms with Gasteiger partial charge in [0.15, 0.2) is 0 Å². The summed E-state index contributed by atoms with van der Waals surface area (Å²) in [5.74, 6) is -0.679. The predicted octanol–water partition coefficient (Wildman–Crippen LogP) is 0.384. The fourth-order valence-corrected chi connectivity index (χ4v) is 1.16. The summed E-state index contributed by atoms with van der Waals surface area (Å²) >= 11 is 0. The summed E-state index contributed by atoms with van der Waals surface area (Å²) in [6.45, 7) is 1.96. The number of hydrogen-bond acceptors (Lipinski definition) is 2. The van der Waals surface area contributed by atoms with E-state index in [0.29, 0.717) is 0 Å². The zero-order valence-electron chi connectivity index (χ0n) is 7.53. The Morgan fingerprint density at radius 2 is 2.31 bits per heavy atom. The summed E-state index contributed by atoms with van der Waals surface area (Å²) in [5, 5.41) is 9.20. The molecule has 0 fully saturated rings. The van der Waals surface area contributed by atoms with Crippen LogP contribution in [0.4, 0.5) is 0 Å². The van der Waals surface area contributed by atoms with E-state index in [0.717, 1.165) is 11.1 Å². The Kier molecular flexibility index (Phi) is 3.03. The van der Waals surface area contributed by atoms with Crippen LogP contribution in [0.2, 0.25) is 0 Å². The number of aliphatic hydroxyl groups excluding tert-OH is 1. The van der Waals surface area contributed by atoms with E-state index in [-0.39, 0.29) is 6.42 Å². The third-order valence-electron chi connectivity index (χ3n) is 1.84. The van der Waals surface area contributed by atoms with Gasteiger partial charge in [0.25, 0.3) is 0 Å². The van der Waals surface area contributed by atoms with Crippen LogP contribution in [0.25, 0.3) is 0 Å². The molecule has 0 aromatic heterocycles. The maximum Gasteiger partial charge on any atom is 0.246 e. The van der Waals surface area contributed by atoms with Crippen LogP contribution < -0.4 is 5.73 Å².